The molecule has 0 radical (unpaired) electrons. The first-order chi connectivity index (χ1) is 9.64. The van der Waals surface area contributed by atoms with Crippen LogP contribution < -0.4 is 0 Å². The van der Waals surface area contributed by atoms with Crippen LogP contribution in [0, 0.1) is 0 Å². The van der Waals surface area contributed by atoms with Crippen molar-refractivity contribution in [3.63, 3.8) is 0 Å². The van der Waals surface area contributed by atoms with Crippen molar-refractivity contribution >= 4 is 29.1 Å². The maximum Gasteiger partial charge on any atom is 0.483 e. The number of aliphatic hydroxyl groups is 2. The third kappa shape index (κ3) is 5.34. The van der Waals surface area contributed by atoms with Crippen LogP contribution in [0.25, 0.3) is 0 Å². The number of phosphoric ester groups is 1. The molecule has 22 heavy (non-hydrogen) atoms. The Labute approximate surface area is 121 Å². The van der Waals surface area contributed by atoms with Gasteiger partial charge < -0.3 is 29.6 Å². The number of rotatable bonds is 6. The van der Waals surface area contributed by atoms with Gasteiger partial charge in [0.1, 0.15) is 12.2 Å². The normalized spacial score (nSPS) is 32.7. The second-order valence-electron chi connectivity index (χ2n) is 3.96. The van der Waals surface area contributed by atoms with Crippen LogP contribution in [-0.2, 0) is 27.5 Å². The highest BCUT2D eigenvalue weighted by molar-refractivity contribution is 7.76. The van der Waals surface area contributed by atoms with Crippen LogP contribution in [0.5, 0.6) is 0 Å². The Bertz CT molecular complexity index is 519. The molecular weight excluding hydrogens is 377 g/mol. The van der Waals surface area contributed by atoms with E-state index in [0.29, 0.717) is 0 Å². The van der Waals surface area contributed by atoms with E-state index in [2.05, 4.69) is 13.6 Å². The largest absolute Gasteiger partial charge is 0.483 e. The molecule has 130 valence electrons. The number of carbonyl (C=O) groups excluding carboxylic acids is 1. The predicted octanol–water partition coefficient (Wildman–Crippen LogP) is -3.07. The fourth-order valence-electron chi connectivity index (χ4n) is 1.39. The first kappa shape index (κ1) is 20.2. The molecule has 0 bridgehead atoms. The summed E-state index contributed by atoms with van der Waals surface area (Å²) in [5.41, 5.74) is -1.83. The van der Waals surface area contributed by atoms with Crippen molar-refractivity contribution in [2.24, 2.45) is 0 Å². The second-order valence-corrected chi connectivity index (χ2v) is 8.32. The molecule has 1 saturated heterocycles. The van der Waals surface area contributed by atoms with Gasteiger partial charge >= 0.3 is 29.1 Å². The molecule has 1 heterocycles. The maximum absolute atomic E-state index is 11.3. The second kappa shape index (κ2) is 6.55. The SMILES string of the molecule is O=C([C@H]1OC(OP(=O)(O)OP(=O)(O)O)[C@H](O)[C@@H]1O)[P+](O)(O)O. The number of aliphatic hydroxyl groups excluding tert-OH is 2. The third-order valence-electron chi connectivity index (χ3n) is 2.21. The summed E-state index contributed by atoms with van der Waals surface area (Å²) in [7, 11) is -16.0. The number of hydrogen-bond acceptors (Lipinski definition) is 11. The Morgan fingerprint density at radius 1 is 1.05 bits per heavy atom. The maximum atomic E-state index is 11.3. The van der Waals surface area contributed by atoms with Gasteiger partial charge in [0.2, 0.25) is 0 Å². The highest BCUT2D eigenvalue weighted by Gasteiger charge is 2.59. The monoisotopic (exact) mass is 389 g/mol. The van der Waals surface area contributed by atoms with Crippen molar-refractivity contribution in [1.29, 1.82) is 0 Å². The van der Waals surface area contributed by atoms with Crippen LogP contribution in [-0.4, -0.2) is 69.7 Å². The van der Waals surface area contributed by atoms with E-state index in [4.69, 9.17) is 29.4 Å². The lowest BCUT2D eigenvalue weighted by molar-refractivity contribution is -0.141. The lowest BCUT2D eigenvalue weighted by Gasteiger charge is -2.18. The van der Waals surface area contributed by atoms with Gasteiger partial charge in [0, 0.05) is 0 Å². The van der Waals surface area contributed by atoms with E-state index in [1.54, 1.807) is 0 Å². The van der Waals surface area contributed by atoms with E-state index in [-0.39, 0.29) is 0 Å². The molecule has 17 heteroatoms. The lowest BCUT2D eigenvalue weighted by atomic mass is 10.1. The first-order valence-corrected chi connectivity index (χ1v) is 9.73. The van der Waals surface area contributed by atoms with Crippen LogP contribution in [0.2, 0.25) is 0 Å². The van der Waals surface area contributed by atoms with Crippen molar-refractivity contribution in [3.05, 3.63) is 0 Å². The summed E-state index contributed by atoms with van der Waals surface area (Å²) in [4.78, 5) is 63.3. The van der Waals surface area contributed by atoms with Gasteiger partial charge in [-0.15, -0.1) is 0 Å². The van der Waals surface area contributed by atoms with E-state index in [1.165, 1.54) is 0 Å². The molecule has 0 spiro atoms. The van der Waals surface area contributed by atoms with E-state index in [1.807, 2.05) is 0 Å². The van der Waals surface area contributed by atoms with Crippen LogP contribution in [0.3, 0.4) is 0 Å². The molecule has 1 aliphatic rings. The van der Waals surface area contributed by atoms with E-state index < -0.39 is 53.7 Å². The number of carbonyl (C=O) groups is 1. The minimum Gasteiger partial charge on any atom is -0.387 e. The fraction of sp³-hybridized carbons (Fsp3) is 0.800. The molecule has 0 amide bonds. The molecule has 1 fully saturated rings. The Morgan fingerprint density at radius 3 is 1.95 bits per heavy atom. The Balaban J connectivity index is 2.85. The minimum atomic E-state index is -5.47. The molecule has 0 aromatic rings. The molecular formula is C5H12O14P3+. The Hall–Kier alpha value is 0.120. The molecule has 0 saturated carbocycles. The molecule has 0 aromatic heterocycles. The summed E-state index contributed by atoms with van der Waals surface area (Å²) >= 11 is 0. The summed E-state index contributed by atoms with van der Waals surface area (Å²) in [6, 6.07) is 0. The highest BCUT2D eigenvalue weighted by atomic mass is 31.3. The predicted molar refractivity (Wildman–Crippen MR) is 63.3 cm³/mol. The molecule has 0 aliphatic carbocycles. The third-order valence-corrected chi connectivity index (χ3v) is 5.20. The van der Waals surface area contributed by atoms with Gasteiger partial charge in [0.05, 0.1) is 0 Å². The van der Waals surface area contributed by atoms with E-state index in [0.717, 1.165) is 0 Å². The van der Waals surface area contributed by atoms with Crippen molar-refractivity contribution in [3.8, 4) is 0 Å². The molecule has 5 atom stereocenters. The topological polar surface area (TPSA) is 241 Å². The number of ether oxygens (including phenoxy) is 1. The van der Waals surface area contributed by atoms with Crippen molar-refractivity contribution in [2.75, 3.05) is 0 Å². The first-order valence-electron chi connectivity index (χ1n) is 5.05. The fourth-order valence-corrected chi connectivity index (χ4v) is 3.61. The van der Waals surface area contributed by atoms with Crippen molar-refractivity contribution in [1.82, 2.24) is 0 Å². The van der Waals surface area contributed by atoms with Crippen molar-refractivity contribution in [2.45, 2.75) is 24.6 Å². The van der Waals surface area contributed by atoms with Crippen LogP contribution >= 0.6 is 23.6 Å². The minimum absolute atomic E-state index is 1.83. The van der Waals surface area contributed by atoms with Gasteiger partial charge in [-0.2, -0.15) is 19.0 Å². The van der Waals surface area contributed by atoms with Gasteiger partial charge in [0.25, 0.3) is 0 Å². The summed E-state index contributed by atoms with van der Waals surface area (Å²) in [6.07, 6.45) is -8.93. The zero-order valence-electron chi connectivity index (χ0n) is 10.2. The van der Waals surface area contributed by atoms with Gasteiger partial charge in [-0.25, -0.2) is 13.9 Å². The van der Waals surface area contributed by atoms with Crippen molar-refractivity contribution < 1.29 is 67.1 Å². The summed E-state index contributed by atoms with van der Waals surface area (Å²) < 4.78 is 33.5. The Kier molecular flexibility index (Phi) is 6.01. The summed E-state index contributed by atoms with van der Waals surface area (Å²) in [6.45, 7) is 0. The Morgan fingerprint density at radius 2 is 1.55 bits per heavy atom. The highest BCUT2D eigenvalue weighted by Crippen LogP contribution is 2.59. The van der Waals surface area contributed by atoms with Crippen LogP contribution in [0.1, 0.15) is 0 Å². The molecule has 8 N–H and O–H groups in total. The molecule has 1 aliphatic heterocycles. The zero-order chi connectivity index (χ0) is 17.5. The lowest BCUT2D eigenvalue weighted by Crippen LogP contribution is -2.37. The van der Waals surface area contributed by atoms with Gasteiger partial charge in [-0.3, -0.25) is 4.52 Å². The standard InChI is InChI=1S/C5H11O14P3/c6-1-2(7)5(17-3(1)4(8)20(9,10)11)18-22(15,16)19-21(12,13)14/h1-3,5-7,9-11H,(H2-,12,13,14,15,16)/p+1/t1-,2+,3-,5?/m0/s1. The zero-order valence-corrected chi connectivity index (χ0v) is 12.9. The van der Waals surface area contributed by atoms with E-state index >= 15 is 0 Å². The molecule has 2 unspecified atom stereocenters. The quantitative estimate of drug-likeness (QED) is 0.210. The van der Waals surface area contributed by atoms with Crippen LogP contribution in [0.4, 0.5) is 0 Å². The molecule has 0 aromatic carbocycles. The van der Waals surface area contributed by atoms with Gasteiger partial charge in [0.15, 0.2) is 12.4 Å². The average molecular weight is 389 g/mol. The van der Waals surface area contributed by atoms with E-state index in [9.17, 15) is 24.1 Å². The van der Waals surface area contributed by atoms with Gasteiger partial charge in [-0.05, 0) is 0 Å². The van der Waals surface area contributed by atoms with Gasteiger partial charge in [-0.1, -0.05) is 0 Å². The molecule has 1 rings (SSSR count). The van der Waals surface area contributed by atoms with Crippen LogP contribution in [0.15, 0.2) is 0 Å². The smallest absolute Gasteiger partial charge is 0.387 e. The number of phosphoric acid groups is 2. The average Bonchev–Trinajstić information content (AvgIpc) is 2.51. The number of hydrogen-bond donors (Lipinski definition) is 8. The summed E-state index contributed by atoms with van der Waals surface area (Å²) in [5.74, 6) is 0. The summed E-state index contributed by atoms with van der Waals surface area (Å²) in [5, 5.41) is 18.9. The molecule has 14 nitrogen and oxygen atoms in total.